The standard InChI is InChI=1S/C73H70FN10O12PS/c1-71(2,3)95-70(87)82-69-80-65-61(67(86)81-69)78-44-83(65)57-39-47(56(57)41-91-72(48-23-13-7-14-24-48,49-25-15-8-16-26-49)50-27-17-9-18-28-50)40-93-97(88,98)96-62-58(94-68(59(62)74)84-45-77-60-63(75-43-76-64(60)84)79-66(85)46-21-11-6-12-22-46)42-92-73(51-29-19-10-20-30-51,52-31-35-54(89-4)36-32-52)53-33-37-55(90-5)38-34-53/h6-38,43-45,47,56-59,62,68H,39-42H2,1-5H3,(H,88,98)(H,75,76,79,85)(H2,80,81,82,86,87)/t47-,56-,57-,58-,59-,62-,68-,97?/m1/s1. The van der Waals surface area contributed by atoms with Crippen LogP contribution < -0.4 is 25.7 Å². The summed E-state index contributed by atoms with van der Waals surface area (Å²) in [5.41, 5.74) is 1.31. The van der Waals surface area contributed by atoms with E-state index in [1.54, 1.807) is 69.9 Å². The first-order valence-electron chi connectivity index (χ1n) is 31.7. The van der Waals surface area contributed by atoms with Crippen molar-refractivity contribution in [3.05, 3.63) is 268 Å². The quantitative estimate of drug-likeness (QED) is 0.0324. The van der Waals surface area contributed by atoms with Gasteiger partial charge in [0.15, 0.2) is 40.5 Å². The molecule has 1 saturated carbocycles. The van der Waals surface area contributed by atoms with Crippen LogP contribution in [0.3, 0.4) is 0 Å². The normalized spacial score (nSPS) is 19.3. The number of anilines is 2. The summed E-state index contributed by atoms with van der Waals surface area (Å²) in [7, 11) is 3.15. The molecule has 4 N–H and O–H groups in total. The molecule has 0 spiro atoms. The summed E-state index contributed by atoms with van der Waals surface area (Å²) in [5, 5.41) is 5.36. The van der Waals surface area contributed by atoms with E-state index >= 15 is 4.39 Å². The molecule has 22 nitrogen and oxygen atoms in total. The molecule has 5 heterocycles. The number of hydrogen-bond acceptors (Lipinski definition) is 17. The lowest BCUT2D eigenvalue weighted by atomic mass is 9.69. The Morgan fingerprint density at radius 1 is 0.643 bits per heavy atom. The van der Waals surface area contributed by atoms with Crippen LogP contribution >= 0.6 is 6.72 Å². The monoisotopic (exact) mass is 1360 g/mol. The minimum atomic E-state index is -4.53. The zero-order chi connectivity index (χ0) is 68.2. The number of amides is 2. The summed E-state index contributed by atoms with van der Waals surface area (Å²) in [6.45, 7) is 0.0413. The molecule has 1 unspecified atom stereocenters. The van der Waals surface area contributed by atoms with Crippen LogP contribution in [0, 0.1) is 11.8 Å². The molecular formula is C73H70FN10O12PS. The number of nitrogens with zero attached hydrogens (tertiary/aromatic N) is 7. The molecule has 0 bridgehead atoms. The topological polar surface area (TPSA) is 259 Å². The van der Waals surface area contributed by atoms with E-state index < -0.39 is 83.6 Å². The third-order valence-corrected chi connectivity index (χ3v) is 19.2. The summed E-state index contributed by atoms with van der Waals surface area (Å²) in [6, 6.07) is 62.0. The highest BCUT2D eigenvalue weighted by Crippen LogP contribution is 2.55. The van der Waals surface area contributed by atoms with E-state index in [0.717, 1.165) is 16.7 Å². The van der Waals surface area contributed by atoms with Gasteiger partial charge in [-0.15, -0.1) is 0 Å². The fraction of sp³-hybridized carbons (Fsp3) is 0.260. The van der Waals surface area contributed by atoms with E-state index in [2.05, 4.69) is 35.6 Å². The van der Waals surface area contributed by atoms with Crippen molar-refractivity contribution < 1.29 is 56.3 Å². The van der Waals surface area contributed by atoms with Gasteiger partial charge in [-0.25, -0.2) is 29.1 Å². The van der Waals surface area contributed by atoms with Crippen LogP contribution in [-0.2, 0) is 51.0 Å². The Morgan fingerprint density at radius 2 is 1.14 bits per heavy atom. The number of carbonyl (C=O) groups is 2. The van der Waals surface area contributed by atoms with Gasteiger partial charge < -0.3 is 47.7 Å². The maximum atomic E-state index is 18.3. The van der Waals surface area contributed by atoms with Gasteiger partial charge in [-0.05, 0) is 115 Å². The lowest BCUT2D eigenvalue weighted by molar-refractivity contribution is -0.0934. The number of benzene rings is 7. The fourth-order valence-electron chi connectivity index (χ4n) is 12.9. The predicted octanol–water partition coefficient (Wildman–Crippen LogP) is 12.6. The van der Waals surface area contributed by atoms with Crippen molar-refractivity contribution in [2.45, 2.75) is 74.6 Å². The Labute approximate surface area is 568 Å². The second-order valence-electron chi connectivity index (χ2n) is 24.7. The Kier molecular flexibility index (Phi) is 19.3. The molecule has 4 aromatic heterocycles. The van der Waals surface area contributed by atoms with Crippen molar-refractivity contribution in [1.82, 2.24) is 39.0 Å². The maximum Gasteiger partial charge on any atom is 0.414 e. The summed E-state index contributed by atoms with van der Waals surface area (Å²) < 4.78 is 72.7. The molecule has 2 aliphatic rings. The van der Waals surface area contributed by atoms with Crippen LogP contribution in [0.5, 0.6) is 11.5 Å². The van der Waals surface area contributed by atoms with E-state index in [1.165, 1.54) is 23.5 Å². The molecule has 7 aromatic carbocycles. The van der Waals surface area contributed by atoms with E-state index in [-0.39, 0.29) is 53.9 Å². The number of imidazole rings is 2. The highest BCUT2D eigenvalue weighted by molar-refractivity contribution is 8.07. The molecule has 13 rings (SSSR count). The zero-order valence-corrected chi connectivity index (χ0v) is 55.7. The van der Waals surface area contributed by atoms with Crippen LogP contribution in [0.2, 0.25) is 0 Å². The van der Waals surface area contributed by atoms with Crippen molar-refractivity contribution in [2.24, 2.45) is 11.8 Å². The maximum absolute atomic E-state index is 18.3. The van der Waals surface area contributed by atoms with Gasteiger partial charge in [0, 0.05) is 17.5 Å². The van der Waals surface area contributed by atoms with Crippen molar-refractivity contribution in [1.29, 1.82) is 0 Å². The number of aromatic amines is 1. The average molecular weight is 1360 g/mol. The third kappa shape index (κ3) is 13.6. The van der Waals surface area contributed by atoms with Crippen LogP contribution in [0.4, 0.5) is 21.0 Å². The Morgan fingerprint density at radius 3 is 1.67 bits per heavy atom. The number of rotatable bonds is 24. The highest BCUT2D eigenvalue weighted by atomic mass is 32.5. The molecule has 11 aromatic rings. The summed E-state index contributed by atoms with van der Waals surface area (Å²) in [4.78, 5) is 78.0. The molecule has 98 heavy (non-hydrogen) atoms. The smallest absolute Gasteiger partial charge is 0.414 e. The van der Waals surface area contributed by atoms with Crippen molar-refractivity contribution in [3.8, 4) is 11.5 Å². The molecule has 25 heteroatoms. The minimum absolute atomic E-state index is 0.0161. The van der Waals surface area contributed by atoms with Gasteiger partial charge in [-0.1, -0.05) is 164 Å². The van der Waals surface area contributed by atoms with Crippen molar-refractivity contribution >= 4 is 64.6 Å². The van der Waals surface area contributed by atoms with Crippen LogP contribution in [0.25, 0.3) is 22.3 Å². The number of halogens is 1. The fourth-order valence-corrected chi connectivity index (χ4v) is 14.4. The molecule has 1 aliphatic heterocycles. The molecule has 1 aliphatic carbocycles. The molecule has 0 radical (unpaired) electrons. The van der Waals surface area contributed by atoms with E-state index in [4.69, 9.17) is 54.3 Å². The first-order chi connectivity index (χ1) is 47.4. The van der Waals surface area contributed by atoms with Gasteiger partial charge >= 0.3 is 12.8 Å². The number of methoxy groups -OCH3 is 2. The summed E-state index contributed by atoms with van der Waals surface area (Å²) in [6.07, 6.45) is -3.13. The molecule has 1 saturated heterocycles. The number of carbonyl (C=O) groups excluding carboxylic acids is 2. The second kappa shape index (κ2) is 28.3. The number of alkyl halides is 1. The van der Waals surface area contributed by atoms with Crippen LogP contribution in [0.15, 0.2) is 224 Å². The number of hydrogen-bond donors (Lipinski definition) is 4. The Bertz CT molecular complexity index is 4550. The predicted molar refractivity (Wildman–Crippen MR) is 368 cm³/mol. The average Bonchev–Trinajstić information content (AvgIpc) is 1.14. The Hall–Kier alpha value is -9.88. The van der Waals surface area contributed by atoms with Gasteiger partial charge in [-0.2, -0.15) is 4.98 Å². The molecule has 502 valence electrons. The van der Waals surface area contributed by atoms with Crippen LogP contribution in [0.1, 0.15) is 83.2 Å². The molecular weight excluding hydrogens is 1290 g/mol. The van der Waals surface area contributed by atoms with Gasteiger partial charge in [0.25, 0.3) is 11.5 Å². The van der Waals surface area contributed by atoms with Crippen molar-refractivity contribution in [2.75, 3.05) is 44.7 Å². The van der Waals surface area contributed by atoms with Crippen molar-refractivity contribution in [3.63, 3.8) is 0 Å². The highest BCUT2D eigenvalue weighted by Gasteiger charge is 2.53. The lowest BCUT2D eigenvalue weighted by Gasteiger charge is -2.47. The first kappa shape index (κ1) is 66.7. The number of nitrogens with one attached hydrogen (secondary N) is 3. The third-order valence-electron chi connectivity index (χ3n) is 17.6. The van der Waals surface area contributed by atoms with E-state index in [9.17, 15) is 19.3 Å². The number of aromatic nitrogens is 8. The first-order valence-corrected chi connectivity index (χ1v) is 34.3. The summed E-state index contributed by atoms with van der Waals surface area (Å²) in [5.74, 6) is -0.330. The largest absolute Gasteiger partial charge is 0.497 e. The number of ether oxygens (including phenoxy) is 6. The zero-order valence-electron chi connectivity index (χ0n) is 54.0. The second-order valence-corrected chi connectivity index (χ2v) is 27.5. The Balaban J connectivity index is 0.851. The van der Waals surface area contributed by atoms with E-state index in [0.29, 0.717) is 40.2 Å². The van der Waals surface area contributed by atoms with Gasteiger partial charge in [-0.3, -0.25) is 29.0 Å². The number of H-pyrrole nitrogens is 1. The number of fused-ring (bicyclic) bond motifs is 2. The van der Waals surface area contributed by atoms with Gasteiger partial charge in [0.1, 0.15) is 46.8 Å². The molecule has 2 amide bonds. The van der Waals surface area contributed by atoms with Gasteiger partial charge in [0.05, 0.1) is 46.7 Å². The van der Waals surface area contributed by atoms with Crippen LogP contribution in [-0.4, -0.2) is 114 Å². The SMILES string of the molecule is COc1ccc(C(OC[C@H]2O[C@@H](n3cnc4c(NC(=O)c5ccccc5)ncnc43)[C@H](F)[C@@H]2OP(O)(=S)OC[C@H]2C[C@@H](n3cnc4c(=O)[nH]c(NC(=O)OC(C)(C)C)nc43)[C@@H]2COC(c2ccccc2)(c2ccccc2)c2ccccc2)(c2ccccc2)c2ccc(OC)cc2)cc1. The minimum Gasteiger partial charge on any atom is -0.497 e. The molecule has 2 fully saturated rings. The van der Waals surface area contributed by atoms with E-state index in [1.807, 2.05) is 170 Å². The summed E-state index contributed by atoms with van der Waals surface area (Å²) >= 11 is 5.96. The van der Waals surface area contributed by atoms with Gasteiger partial charge in [0.2, 0.25) is 5.95 Å². The molecule has 8 atom stereocenters. The lowest BCUT2D eigenvalue weighted by Crippen LogP contribution is -2.46.